The second-order valence-corrected chi connectivity index (χ2v) is 24.4. The van der Waals surface area contributed by atoms with Gasteiger partial charge in [0.25, 0.3) is 0 Å². The molecule has 6 aromatic carbocycles. The third-order valence-corrected chi connectivity index (χ3v) is 13.9. The van der Waals surface area contributed by atoms with Gasteiger partial charge in [0.05, 0.1) is 36.2 Å². The van der Waals surface area contributed by atoms with Crippen molar-refractivity contribution in [2.24, 2.45) is 5.92 Å². The smallest absolute Gasteiger partial charge is 0.216 e. The number of aromatic nitrogens is 4. The van der Waals surface area contributed by atoms with Gasteiger partial charge in [-0.3, -0.25) is 4.98 Å². The van der Waals surface area contributed by atoms with Crippen LogP contribution in [0.4, 0.5) is 0 Å². The number of nitrogens with zero attached hydrogens (tertiary/aromatic N) is 4. The van der Waals surface area contributed by atoms with Gasteiger partial charge in [-0.2, -0.15) is 0 Å². The number of imidazole rings is 1. The third kappa shape index (κ3) is 9.78. The Morgan fingerprint density at radius 1 is 0.776 bits per heavy atom. The topological polar surface area (TPSA) is 56.7 Å². The van der Waals surface area contributed by atoms with Crippen molar-refractivity contribution in [2.45, 2.75) is 79.8 Å². The van der Waals surface area contributed by atoms with Crippen LogP contribution in [0.15, 0.2) is 156 Å². The molecule has 0 saturated heterocycles. The molecule has 0 atom stereocenters. The van der Waals surface area contributed by atoms with Gasteiger partial charge in [0, 0.05) is 55.4 Å². The van der Waals surface area contributed by atoms with Gasteiger partial charge >= 0.3 is 0 Å². The summed E-state index contributed by atoms with van der Waals surface area (Å²) in [6.07, 6.45) is 0.328. The molecule has 10 rings (SSSR count). The zero-order chi connectivity index (χ0) is 50.6. The zero-order valence-corrected chi connectivity index (χ0v) is 42.9. The summed E-state index contributed by atoms with van der Waals surface area (Å²) in [5.41, 5.74) is 14.0. The summed E-state index contributed by atoms with van der Waals surface area (Å²) in [6, 6.07) is 55.6. The average Bonchev–Trinajstić information content (AvgIpc) is 3.91. The fraction of sp³-hybridized carbons (Fsp3) is 0.217. The summed E-state index contributed by atoms with van der Waals surface area (Å²) >= 11 is 0. The number of furan rings is 1. The summed E-state index contributed by atoms with van der Waals surface area (Å²) in [5.74, 6) is 0.602. The predicted octanol–water partition coefficient (Wildman–Crippen LogP) is 15.3. The number of hydrogen-bond acceptors (Lipinski definition) is 4. The molecule has 1 radical (unpaired) electrons. The van der Waals surface area contributed by atoms with Gasteiger partial charge in [0.2, 0.25) is 5.71 Å². The van der Waals surface area contributed by atoms with E-state index in [9.17, 15) is 0 Å². The number of pyridine rings is 2. The van der Waals surface area contributed by atoms with Crippen molar-refractivity contribution in [3.8, 4) is 50.6 Å². The van der Waals surface area contributed by atoms with E-state index < -0.39 is 21.3 Å². The molecule has 67 heavy (non-hydrogen) atoms. The van der Waals surface area contributed by atoms with E-state index in [1.807, 2.05) is 45.0 Å². The number of aryl methyl sites for hydroxylation is 2. The molecule has 4 heterocycles. The van der Waals surface area contributed by atoms with Crippen molar-refractivity contribution in [3.05, 3.63) is 186 Å². The van der Waals surface area contributed by atoms with E-state index in [1.54, 1.807) is 18.3 Å². The number of hydrogen-bond donors (Lipinski definition) is 0. The summed E-state index contributed by atoms with van der Waals surface area (Å²) < 4.78 is 48.4. The summed E-state index contributed by atoms with van der Waals surface area (Å²) in [4.78, 5) is 14.5. The fourth-order valence-electron chi connectivity index (χ4n) is 8.50. The first-order chi connectivity index (χ1) is 33.6. The molecule has 7 heteroatoms. The first-order valence-electron chi connectivity index (χ1n) is 25.1. The van der Waals surface area contributed by atoms with Gasteiger partial charge in [-0.15, -0.1) is 53.6 Å². The quantitative estimate of drug-likeness (QED) is 0.112. The van der Waals surface area contributed by atoms with Crippen molar-refractivity contribution in [1.82, 2.24) is 19.5 Å². The Bertz CT molecular complexity index is 3500. The molecule has 0 bridgehead atoms. The Labute approximate surface area is 417 Å². The van der Waals surface area contributed by atoms with Crippen molar-refractivity contribution >= 4 is 46.4 Å². The fourth-order valence-corrected chi connectivity index (χ4v) is 9.90. The van der Waals surface area contributed by atoms with Crippen LogP contribution >= 0.6 is 0 Å². The van der Waals surface area contributed by atoms with E-state index >= 15 is 0 Å². The van der Waals surface area contributed by atoms with Crippen molar-refractivity contribution in [2.75, 3.05) is 0 Å². The summed E-state index contributed by atoms with van der Waals surface area (Å²) in [5, 5.41) is 3.00. The molecule has 0 fully saturated rings. The summed E-state index contributed by atoms with van der Waals surface area (Å²) in [7, 11) is -1.78. The second-order valence-electron chi connectivity index (χ2n) is 19.3. The van der Waals surface area contributed by atoms with Crippen LogP contribution in [-0.2, 0) is 31.9 Å². The Kier molecular flexibility index (Phi) is 11.7. The van der Waals surface area contributed by atoms with Crippen LogP contribution in [0.1, 0.15) is 63.9 Å². The Hall–Kier alpha value is -6.24. The average molecular weight is 1080 g/mol. The Morgan fingerprint density at radius 2 is 1.45 bits per heavy atom. The molecule has 0 aliphatic rings. The van der Waals surface area contributed by atoms with Crippen molar-refractivity contribution < 1.29 is 31.4 Å². The van der Waals surface area contributed by atoms with Crippen molar-refractivity contribution in [3.63, 3.8) is 0 Å². The predicted molar refractivity (Wildman–Crippen MR) is 279 cm³/mol. The Balaban J connectivity index is 0.000000221. The van der Waals surface area contributed by atoms with E-state index in [1.165, 1.54) is 11.6 Å². The molecule has 4 aromatic heterocycles. The summed E-state index contributed by atoms with van der Waals surface area (Å²) in [6.45, 7) is 16.9. The van der Waals surface area contributed by atoms with Gasteiger partial charge in [0.15, 0.2) is 0 Å². The number of para-hydroxylation sites is 2. The van der Waals surface area contributed by atoms with Crippen LogP contribution in [-0.4, -0.2) is 27.6 Å². The van der Waals surface area contributed by atoms with Gasteiger partial charge in [-0.1, -0.05) is 156 Å². The van der Waals surface area contributed by atoms with Crippen LogP contribution in [0.3, 0.4) is 0 Å². The van der Waals surface area contributed by atoms with Gasteiger partial charge < -0.3 is 14.0 Å². The molecule has 0 aliphatic heterocycles. The molecule has 0 saturated carbocycles. The van der Waals surface area contributed by atoms with Crippen molar-refractivity contribution in [1.29, 1.82) is 0 Å². The van der Waals surface area contributed by atoms with Crippen LogP contribution in [0.5, 0.6) is 0 Å². The van der Waals surface area contributed by atoms with Crippen LogP contribution in [0, 0.1) is 31.8 Å². The molecule has 5 nitrogen and oxygen atoms in total. The minimum atomic E-state index is -2.16. The molecule has 0 amide bonds. The van der Waals surface area contributed by atoms with Gasteiger partial charge in [0.1, 0.15) is 0 Å². The molecule has 0 unspecified atom stereocenters. The zero-order valence-electron chi connectivity index (χ0n) is 44.5. The number of fused-ring (bicyclic) bond motifs is 4. The standard InChI is InChI=1S/C41H32N3O.C19H26NSi.Ir/c1-26-22-23-31-30-18-13-19-32(38(30)45-40(31)42-26)39-43-35-20-11-12-21-36(35)44(39)37-33(27-14-7-5-8-15-27)24-29(41(2,3)4)25-34(37)28-16-9-6-10-17-28;1-14(2)11-17-12-18(16-9-7-15(3)8-10-16)20-13-19(17)21(4,5)6;/h5-18,20-25H,1-4H3;7-9,12-14H,11H2,1-6H3;/q2*-1;/i;3D3,11D2;. The molecule has 339 valence electrons. The maximum Gasteiger partial charge on any atom is 0.216 e. The van der Waals surface area contributed by atoms with Gasteiger partial charge in [-0.25, -0.2) is 4.98 Å². The maximum absolute atomic E-state index is 8.59. The maximum atomic E-state index is 8.59. The normalized spacial score (nSPS) is 13.3. The number of rotatable bonds is 8. The third-order valence-electron chi connectivity index (χ3n) is 11.8. The van der Waals surface area contributed by atoms with Crippen LogP contribution in [0.2, 0.25) is 19.6 Å². The first kappa shape index (κ1) is 41.0. The SMILES string of the molecule is Cc1ccc2c(n1)oc1c(-c3nc4ccccc4n3-c3c(-c4ccccc4)cc(C(C)(C)C)cc3-c3ccccc3)[c-]ccc12.[2H]C([2H])([2H])c1c[c-]c(-c2cc(C([2H])([2H])C(C)C)c([Si](C)(C)C)cn2)cc1.[Ir]. The molecular weight excluding hydrogens is 1010 g/mol. The largest absolute Gasteiger partial charge is 0.486 e. The second kappa shape index (κ2) is 19.2. The minimum absolute atomic E-state index is 0. The minimum Gasteiger partial charge on any atom is -0.486 e. The van der Waals surface area contributed by atoms with E-state index in [4.69, 9.17) is 21.2 Å². The van der Waals surface area contributed by atoms with E-state index in [0.29, 0.717) is 22.5 Å². The molecular formula is C60H58IrN4OSi-2. The van der Waals surface area contributed by atoms with Gasteiger partial charge in [-0.05, 0) is 88.6 Å². The Morgan fingerprint density at radius 3 is 2.06 bits per heavy atom. The first-order valence-corrected chi connectivity index (χ1v) is 26.1. The molecule has 0 N–H and O–H groups in total. The molecule has 0 spiro atoms. The number of benzene rings is 6. The molecule has 0 aliphatic carbocycles. The van der Waals surface area contributed by atoms with Crippen LogP contribution in [0.25, 0.3) is 83.7 Å². The van der Waals surface area contributed by atoms with Crippen LogP contribution < -0.4 is 5.19 Å². The molecule has 10 aromatic rings. The van der Waals surface area contributed by atoms with E-state index in [0.717, 1.165) is 77.6 Å². The monoisotopic (exact) mass is 1080 g/mol. The van der Waals surface area contributed by atoms with E-state index in [-0.39, 0.29) is 37.0 Å². The van der Waals surface area contributed by atoms with E-state index in [2.05, 4.69) is 165 Å².